The van der Waals surface area contributed by atoms with Crippen LogP contribution in [0.25, 0.3) is 0 Å². The van der Waals surface area contributed by atoms with Gasteiger partial charge in [-0.05, 0) is 0 Å². The summed E-state index contributed by atoms with van der Waals surface area (Å²) in [4.78, 5) is 32.1. The molecule has 2 rings (SSSR count). The Hall–Kier alpha value is -1.89. The summed E-state index contributed by atoms with van der Waals surface area (Å²) in [6, 6.07) is 0.940. The lowest BCUT2D eigenvalue weighted by Crippen LogP contribution is -2.57. The van der Waals surface area contributed by atoms with Gasteiger partial charge in [0.2, 0.25) is 5.91 Å². The first-order valence-corrected chi connectivity index (χ1v) is 6.37. The number of primary amides is 1. The number of H-pyrrole nitrogens is 1. The number of aromatic amines is 1. The molecule has 1 aromatic rings. The number of carbonyl (C=O) groups is 1. The smallest absolute Gasteiger partial charge is 0.252 e. The zero-order chi connectivity index (χ0) is 14.0. The lowest BCUT2D eigenvalue weighted by Gasteiger charge is -2.35. The van der Waals surface area contributed by atoms with E-state index in [2.05, 4.69) is 15.3 Å². The highest BCUT2D eigenvalue weighted by Gasteiger charge is 2.28. The second-order valence-corrected chi connectivity index (χ2v) is 4.96. The van der Waals surface area contributed by atoms with Crippen LogP contribution in [0.2, 0.25) is 0 Å². The van der Waals surface area contributed by atoms with Crippen LogP contribution in [0.1, 0.15) is 25.6 Å². The predicted octanol–water partition coefficient (Wildman–Crippen LogP) is -0.843. The van der Waals surface area contributed by atoms with Gasteiger partial charge in [0, 0.05) is 31.6 Å². The van der Waals surface area contributed by atoms with Crippen molar-refractivity contribution in [2.24, 2.45) is 5.73 Å². The second-order valence-electron chi connectivity index (χ2n) is 4.96. The average molecular weight is 265 g/mol. The number of piperazine rings is 1. The fraction of sp³-hybridized carbons (Fsp3) is 0.583. The largest absolute Gasteiger partial charge is 0.368 e. The summed E-state index contributed by atoms with van der Waals surface area (Å²) >= 11 is 0. The number of rotatable bonds is 3. The third-order valence-corrected chi connectivity index (χ3v) is 3.16. The van der Waals surface area contributed by atoms with Crippen LogP contribution < -0.4 is 21.5 Å². The summed E-state index contributed by atoms with van der Waals surface area (Å²) in [5, 5.41) is 3.11. The fourth-order valence-corrected chi connectivity index (χ4v) is 2.12. The van der Waals surface area contributed by atoms with Gasteiger partial charge >= 0.3 is 0 Å². The first-order chi connectivity index (χ1) is 8.99. The molecule has 1 fully saturated rings. The van der Waals surface area contributed by atoms with Gasteiger partial charge in [-0.2, -0.15) is 0 Å². The SMILES string of the molecule is CC(C)c1nc(N2CCNCC2C(N)=O)cc(=O)[nH]1. The quantitative estimate of drug-likeness (QED) is 0.661. The lowest BCUT2D eigenvalue weighted by molar-refractivity contribution is -0.119. The number of nitrogens with two attached hydrogens (primary N) is 1. The van der Waals surface area contributed by atoms with Crippen LogP contribution in [-0.2, 0) is 4.79 Å². The van der Waals surface area contributed by atoms with Crippen LogP contribution in [0, 0.1) is 0 Å². The lowest BCUT2D eigenvalue weighted by atomic mass is 10.1. The van der Waals surface area contributed by atoms with E-state index in [9.17, 15) is 9.59 Å². The van der Waals surface area contributed by atoms with Crippen molar-refractivity contribution in [3.8, 4) is 0 Å². The molecule has 0 bridgehead atoms. The van der Waals surface area contributed by atoms with Crippen LogP contribution >= 0.6 is 0 Å². The highest BCUT2D eigenvalue weighted by atomic mass is 16.1. The first-order valence-electron chi connectivity index (χ1n) is 6.37. The number of nitrogens with zero attached hydrogens (tertiary/aromatic N) is 2. The normalized spacial score (nSPS) is 19.7. The maximum Gasteiger partial charge on any atom is 0.252 e. The average Bonchev–Trinajstić information content (AvgIpc) is 2.37. The van der Waals surface area contributed by atoms with Gasteiger partial charge in [0.05, 0.1) is 0 Å². The number of amides is 1. The number of hydrogen-bond acceptors (Lipinski definition) is 5. The van der Waals surface area contributed by atoms with Gasteiger partial charge in [0.1, 0.15) is 17.7 Å². The van der Waals surface area contributed by atoms with Crippen LogP contribution in [0.5, 0.6) is 0 Å². The van der Waals surface area contributed by atoms with Crippen molar-refractivity contribution >= 4 is 11.7 Å². The van der Waals surface area contributed by atoms with E-state index >= 15 is 0 Å². The molecule has 19 heavy (non-hydrogen) atoms. The molecule has 1 aromatic heterocycles. The minimum atomic E-state index is -0.469. The third kappa shape index (κ3) is 2.93. The minimum Gasteiger partial charge on any atom is -0.368 e. The van der Waals surface area contributed by atoms with E-state index in [0.29, 0.717) is 24.7 Å². The topological polar surface area (TPSA) is 104 Å². The predicted molar refractivity (Wildman–Crippen MR) is 72.1 cm³/mol. The van der Waals surface area contributed by atoms with Gasteiger partial charge in [-0.15, -0.1) is 0 Å². The van der Waals surface area contributed by atoms with Crippen molar-refractivity contribution in [1.29, 1.82) is 0 Å². The Morgan fingerprint density at radius 2 is 2.32 bits per heavy atom. The van der Waals surface area contributed by atoms with Gasteiger partial charge in [0.15, 0.2) is 0 Å². The summed E-state index contributed by atoms with van der Waals surface area (Å²) in [5.41, 5.74) is 5.18. The number of hydrogen-bond donors (Lipinski definition) is 3. The molecule has 0 aromatic carbocycles. The standard InChI is InChI=1S/C12H19N5O2/c1-7(2)12-15-9(5-10(18)16-12)17-4-3-14-6-8(17)11(13)19/h5,7-8,14H,3-4,6H2,1-2H3,(H2,13,19)(H,15,16,18). The van der Waals surface area contributed by atoms with Crippen molar-refractivity contribution in [3.63, 3.8) is 0 Å². The van der Waals surface area contributed by atoms with Crippen LogP contribution in [0.15, 0.2) is 10.9 Å². The number of nitrogens with one attached hydrogen (secondary N) is 2. The maximum atomic E-state index is 11.7. The highest BCUT2D eigenvalue weighted by molar-refractivity contribution is 5.83. The van der Waals surface area contributed by atoms with Crippen LogP contribution in [-0.4, -0.2) is 41.6 Å². The molecule has 1 amide bonds. The molecule has 1 saturated heterocycles. The maximum absolute atomic E-state index is 11.7. The van der Waals surface area contributed by atoms with Crippen molar-refractivity contribution in [2.45, 2.75) is 25.8 Å². The summed E-state index contributed by atoms with van der Waals surface area (Å²) < 4.78 is 0. The van der Waals surface area contributed by atoms with Gasteiger partial charge in [0.25, 0.3) is 5.56 Å². The van der Waals surface area contributed by atoms with Gasteiger partial charge in [-0.1, -0.05) is 13.8 Å². The Kier molecular flexibility index (Phi) is 3.84. The molecule has 0 aliphatic carbocycles. The molecule has 7 nitrogen and oxygen atoms in total. The number of anilines is 1. The van der Waals surface area contributed by atoms with Crippen molar-refractivity contribution in [3.05, 3.63) is 22.2 Å². The molecular weight excluding hydrogens is 246 g/mol. The molecule has 1 aliphatic heterocycles. The van der Waals surface area contributed by atoms with E-state index < -0.39 is 11.9 Å². The Balaban J connectivity index is 2.38. The van der Waals surface area contributed by atoms with Gasteiger partial charge in [-0.25, -0.2) is 4.98 Å². The highest BCUT2D eigenvalue weighted by Crippen LogP contribution is 2.16. The van der Waals surface area contributed by atoms with Crippen molar-refractivity contribution in [1.82, 2.24) is 15.3 Å². The Morgan fingerprint density at radius 1 is 1.58 bits per heavy atom. The molecule has 1 unspecified atom stereocenters. The van der Waals surface area contributed by atoms with Crippen molar-refractivity contribution in [2.75, 3.05) is 24.5 Å². The summed E-state index contributed by atoms with van der Waals surface area (Å²) in [6.07, 6.45) is 0. The van der Waals surface area contributed by atoms with E-state index in [-0.39, 0.29) is 11.5 Å². The van der Waals surface area contributed by atoms with Gasteiger partial charge < -0.3 is 20.9 Å². The zero-order valence-corrected chi connectivity index (χ0v) is 11.1. The molecule has 4 N–H and O–H groups in total. The molecule has 0 saturated carbocycles. The van der Waals surface area contributed by atoms with E-state index in [1.807, 2.05) is 13.8 Å². The van der Waals surface area contributed by atoms with E-state index in [1.165, 1.54) is 6.07 Å². The molecule has 1 aliphatic rings. The molecule has 7 heteroatoms. The summed E-state index contributed by atoms with van der Waals surface area (Å²) in [7, 11) is 0. The summed E-state index contributed by atoms with van der Waals surface area (Å²) in [5.74, 6) is 0.824. The molecule has 104 valence electrons. The van der Waals surface area contributed by atoms with E-state index in [0.717, 1.165) is 6.54 Å². The van der Waals surface area contributed by atoms with E-state index in [1.54, 1.807) is 4.90 Å². The molecule has 0 radical (unpaired) electrons. The Labute approximate surface area is 111 Å². The summed E-state index contributed by atoms with van der Waals surface area (Å²) in [6.45, 7) is 5.70. The molecule has 2 heterocycles. The Morgan fingerprint density at radius 3 is 2.95 bits per heavy atom. The van der Waals surface area contributed by atoms with Crippen LogP contribution in [0.4, 0.5) is 5.82 Å². The first kappa shape index (κ1) is 13.5. The van der Waals surface area contributed by atoms with Crippen molar-refractivity contribution < 1.29 is 4.79 Å². The number of carbonyl (C=O) groups excluding carboxylic acids is 1. The molecular formula is C12H19N5O2. The molecule has 0 spiro atoms. The minimum absolute atomic E-state index is 0.114. The van der Waals surface area contributed by atoms with E-state index in [4.69, 9.17) is 5.73 Å². The zero-order valence-electron chi connectivity index (χ0n) is 11.1. The fourth-order valence-electron chi connectivity index (χ4n) is 2.12. The molecule has 1 atom stereocenters. The van der Waals surface area contributed by atoms with Crippen LogP contribution in [0.3, 0.4) is 0 Å². The third-order valence-electron chi connectivity index (χ3n) is 3.16. The monoisotopic (exact) mass is 265 g/mol. The second kappa shape index (κ2) is 5.40. The Bertz CT molecular complexity index is 525. The van der Waals surface area contributed by atoms with Gasteiger partial charge in [-0.3, -0.25) is 9.59 Å². The number of aromatic nitrogens is 2.